The van der Waals surface area contributed by atoms with Gasteiger partial charge in [-0.25, -0.2) is 0 Å². The van der Waals surface area contributed by atoms with Crippen LogP contribution < -0.4 is 9.64 Å². The molecule has 0 saturated heterocycles. The summed E-state index contributed by atoms with van der Waals surface area (Å²) in [5, 5.41) is 9.31. The molecule has 0 saturated carbocycles. The summed E-state index contributed by atoms with van der Waals surface area (Å²) in [6, 6.07) is 12.5. The largest absolute Gasteiger partial charge is 0.467 e. The van der Waals surface area contributed by atoms with Crippen molar-refractivity contribution in [3.8, 4) is 11.8 Å². The highest BCUT2D eigenvalue weighted by Crippen LogP contribution is 2.37. The topological polar surface area (TPSA) is 45.5 Å². The van der Waals surface area contributed by atoms with Gasteiger partial charge in [0.25, 0.3) is 0 Å². The summed E-state index contributed by atoms with van der Waals surface area (Å²) < 4.78 is 10.9. The van der Waals surface area contributed by atoms with Crippen LogP contribution in [0.1, 0.15) is 55.9 Å². The first kappa shape index (κ1) is 22.5. The Morgan fingerprint density at radius 1 is 1.14 bits per heavy atom. The van der Waals surface area contributed by atoms with Crippen molar-refractivity contribution in [2.24, 2.45) is 0 Å². The third kappa shape index (κ3) is 5.62. The van der Waals surface area contributed by atoms with Crippen LogP contribution in [-0.2, 0) is 4.74 Å². The van der Waals surface area contributed by atoms with Gasteiger partial charge in [0.1, 0.15) is 5.75 Å². The van der Waals surface area contributed by atoms with E-state index >= 15 is 0 Å². The summed E-state index contributed by atoms with van der Waals surface area (Å²) in [5.74, 6) is 1.16. The molecule has 0 atom stereocenters. The Labute approximate surface area is 175 Å². The number of nitriles is 1. The standard InChI is InChI=1S/C25H32N2O2/c1-17(2)10-11-27(25-19(5)12-21(15-26)13-20(25)6)22-8-9-24(29-16-28-7)23(14-22)18(3)4/h8-10,12-14,18H,11,16H2,1-7H3. The van der Waals surface area contributed by atoms with E-state index < -0.39 is 0 Å². The van der Waals surface area contributed by atoms with Crippen molar-refractivity contribution in [1.29, 1.82) is 5.26 Å². The van der Waals surface area contributed by atoms with Crippen molar-refractivity contribution in [2.45, 2.75) is 47.5 Å². The summed E-state index contributed by atoms with van der Waals surface area (Å²) in [7, 11) is 1.63. The SMILES string of the molecule is COCOc1ccc(N(CC=C(C)C)c2c(C)cc(C#N)cc2C)cc1C(C)C. The van der Waals surface area contributed by atoms with Crippen molar-refractivity contribution in [2.75, 3.05) is 25.3 Å². The second-order valence-corrected chi connectivity index (χ2v) is 7.89. The molecule has 154 valence electrons. The van der Waals surface area contributed by atoms with Gasteiger partial charge in [0, 0.05) is 25.0 Å². The highest BCUT2D eigenvalue weighted by Gasteiger charge is 2.18. The first-order valence-electron chi connectivity index (χ1n) is 9.96. The summed E-state index contributed by atoms with van der Waals surface area (Å²) >= 11 is 0. The lowest BCUT2D eigenvalue weighted by molar-refractivity contribution is 0.0503. The molecule has 0 unspecified atom stereocenters. The summed E-state index contributed by atoms with van der Waals surface area (Å²) in [6.45, 7) is 13.7. The van der Waals surface area contributed by atoms with Gasteiger partial charge in [0.2, 0.25) is 0 Å². The smallest absolute Gasteiger partial charge is 0.188 e. The molecule has 0 heterocycles. The Kier molecular flexibility index (Phi) is 7.87. The summed E-state index contributed by atoms with van der Waals surface area (Å²) in [6.07, 6.45) is 2.22. The van der Waals surface area contributed by atoms with Gasteiger partial charge < -0.3 is 14.4 Å². The van der Waals surface area contributed by atoms with E-state index in [1.807, 2.05) is 18.2 Å². The van der Waals surface area contributed by atoms with Gasteiger partial charge in [0.05, 0.1) is 11.6 Å². The molecular formula is C25H32N2O2. The molecule has 2 aromatic carbocycles. The van der Waals surface area contributed by atoms with E-state index in [0.29, 0.717) is 11.5 Å². The highest BCUT2D eigenvalue weighted by molar-refractivity contribution is 5.72. The van der Waals surface area contributed by atoms with Crippen LogP contribution in [0.25, 0.3) is 0 Å². The van der Waals surface area contributed by atoms with E-state index in [1.54, 1.807) is 7.11 Å². The molecule has 29 heavy (non-hydrogen) atoms. The maximum absolute atomic E-state index is 9.31. The van der Waals surface area contributed by atoms with E-state index in [4.69, 9.17) is 9.47 Å². The van der Waals surface area contributed by atoms with Gasteiger partial charge in [-0.05, 0) is 80.6 Å². The average Bonchev–Trinajstić information content (AvgIpc) is 2.67. The molecule has 2 rings (SSSR count). The van der Waals surface area contributed by atoms with E-state index in [9.17, 15) is 5.26 Å². The fourth-order valence-corrected chi connectivity index (χ4v) is 3.45. The van der Waals surface area contributed by atoms with Crippen LogP contribution in [0.5, 0.6) is 5.75 Å². The predicted molar refractivity (Wildman–Crippen MR) is 120 cm³/mol. The minimum absolute atomic E-state index is 0.231. The van der Waals surface area contributed by atoms with Crippen LogP contribution in [-0.4, -0.2) is 20.4 Å². The van der Waals surface area contributed by atoms with E-state index in [1.165, 1.54) is 5.57 Å². The Balaban J connectivity index is 2.61. The number of aryl methyl sites for hydroxylation is 2. The highest BCUT2D eigenvalue weighted by atomic mass is 16.7. The second kappa shape index (κ2) is 10.1. The van der Waals surface area contributed by atoms with Crippen molar-refractivity contribution in [1.82, 2.24) is 0 Å². The zero-order chi connectivity index (χ0) is 21.6. The van der Waals surface area contributed by atoms with Crippen molar-refractivity contribution >= 4 is 11.4 Å². The number of anilines is 2. The normalized spacial score (nSPS) is 10.6. The first-order chi connectivity index (χ1) is 13.8. The van der Waals surface area contributed by atoms with Crippen LogP contribution in [0.15, 0.2) is 42.0 Å². The van der Waals surface area contributed by atoms with Crippen LogP contribution in [0.2, 0.25) is 0 Å². The van der Waals surface area contributed by atoms with Crippen molar-refractivity contribution < 1.29 is 9.47 Å². The second-order valence-electron chi connectivity index (χ2n) is 7.89. The number of hydrogen-bond donors (Lipinski definition) is 0. The lowest BCUT2D eigenvalue weighted by Crippen LogP contribution is -2.20. The monoisotopic (exact) mass is 392 g/mol. The summed E-state index contributed by atoms with van der Waals surface area (Å²) in [5.41, 5.74) is 7.53. The van der Waals surface area contributed by atoms with Crippen molar-refractivity contribution in [3.63, 3.8) is 0 Å². The number of ether oxygens (including phenoxy) is 2. The maximum Gasteiger partial charge on any atom is 0.188 e. The van der Waals surface area contributed by atoms with Gasteiger partial charge >= 0.3 is 0 Å². The molecule has 0 aromatic heterocycles. The van der Waals surface area contributed by atoms with E-state index in [-0.39, 0.29) is 6.79 Å². The number of benzene rings is 2. The maximum atomic E-state index is 9.31. The van der Waals surface area contributed by atoms with Gasteiger partial charge in [-0.15, -0.1) is 0 Å². The molecule has 0 aliphatic carbocycles. The fraction of sp³-hybridized carbons (Fsp3) is 0.400. The molecule has 0 fully saturated rings. The summed E-state index contributed by atoms with van der Waals surface area (Å²) in [4.78, 5) is 2.31. The van der Waals surface area contributed by atoms with Crippen LogP contribution in [0.3, 0.4) is 0 Å². The Morgan fingerprint density at radius 3 is 2.31 bits per heavy atom. The van der Waals surface area contributed by atoms with Gasteiger partial charge in [-0.1, -0.05) is 25.5 Å². The quantitative estimate of drug-likeness (QED) is 0.386. The third-order valence-electron chi connectivity index (χ3n) is 4.83. The molecule has 0 amide bonds. The number of allylic oxidation sites excluding steroid dienone is 1. The molecule has 0 spiro atoms. The zero-order valence-electron chi connectivity index (χ0n) is 18.7. The molecule has 0 aliphatic heterocycles. The van der Waals surface area contributed by atoms with E-state index in [2.05, 4.69) is 70.7 Å². The molecular weight excluding hydrogens is 360 g/mol. The molecule has 0 radical (unpaired) electrons. The molecule has 0 aliphatic rings. The lowest BCUT2D eigenvalue weighted by Gasteiger charge is -2.29. The Morgan fingerprint density at radius 2 is 1.79 bits per heavy atom. The minimum atomic E-state index is 0.231. The fourth-order valence-electron chi connectivity index (χ4n) is 3.45. The number of rotatable bonds is 8. The van der Waals surface area contributed by atoms with Crippen LogP contribution in [0, 0.1) is 25.2 Å². The van der Waals surface area contributed by atoms with E-state index in [0.717, 1.165) is 40.4 Å². The van der Waals surface area contributed by atoms with Gasteiger partial charge in [0.15, 0.2) is 6.79 Å². The predicted octanol–water partition coefficient (Wildman–Crippen LogP) is 6.39. The molecule has 0 bridgehead atoms. The van der Waals surface area contributed by atoms with Crippen molar-refractivity contribution in [3.05, 3.63) is 64.2 Å². The molecule has 2 aromatic rings. The Hall–Kier alpha value is -2.77. The Bertz CT molecular complexity index is 896. The average molecular weight is 393 g/mol. The molecule has 4 heteroatoms. The third-order valence-corrected chi connectivity index (χ3v) is 4.83. The number of hydrogen-bond acceptors (Lipinski definition) is 4. The number of methoxy groups -OCH3 is 1. The molecule has 4 nitrogen and oxygen atoms in total. The minimum Gasteiger partial charge on any atom is -0.467 e. The van der Waals surface area contributed by atoms with Gasteiger partial charge in [-0.2, -0.15) is 5.26 Å². The first-order valence-corrected chi connectivity index (χ1v) is 9.96. The van der Waals surface area contributed by atoms with Crippen LogP contribution in [0.4, 0.5) is 11.4 Å². The molecule has 0 N–H and O–H groups in total. The zero-order valence-corrected chi connectivity index (χ0v) is 18.7. The lowest BCUT2D eigenvalue weighted by atomic mass is 9.99. The van der Waals surface area contributed by atoms with Gasteiger partial charge in [-0.3, -0.25) is 0 Å². The number of nitrogens with zero attached hydrogens (tertiary/aromatic N) is 2. The van der Waals surface area contributed by atoms with Crippen LogP contribution >= 0.6 is 0 Å².